The van der Waals surface area contributed by atoms with Gasteiger partial charge in [-0.2, -0.15) is 14.6 Å². The molecule has 4 aromatic rings. The van der Waals surface area contributed by atoms with Crippen LogP contribution >= 0.6 is 0 Å². The molecule has 0 aliphatic carbocycles. The Bertz CT molecular complexity index is 1340. The van der Waals surface area contributed by atoms with Gasteiger partial charge in [-0.05, 0) is 29.8 Å². The van der Waals surface area contributed by atoms with Crippen molar-refractivity contribution in [2.24, 2.45) is 0 Å². The lowest BCUT2D eigenvalue weighted by Crippen LogP contribution is -2.22. The van der Waals surface area contributed by atoms with E-state index < -0.39 is 26.1 Å². The number of rotatable bonds is 11. The fourth-order valence-electron chi connectivity index (χ4n) is 3.72. The SMILES string of the molecule is COc1cc(F)cc(CNC(O)c2cnn3cc(-c4cnn(COCC[Si](C)(C)C)c4F)ccc23)c1. The molecule has 3 aromatic heterocycles. The number of aromatic nitrogens is 4. The van der Waals surface area contributed by atoms with E-state index in [0.29, 0.717) is 40.1 Å². The van der Waals surface area contributed by atoms with Crippen LogP contribution in [0, 0.1) is 11.8 Å². The minimum absolute atomic E-state index is 0.0551. The molecule has 0 aliphatic heterocycles. The molecule has 0 fully saturated rings. The van der Waals surface area contributed by atoms with Crippen LogP contribution in [0.2, 0.25) is 25.7 Å². The molecule has 0 saturated carbocycles. The zero-order valence-corrected chi connectivity index (χ0v) is 21.8. The summed E-state index contributed by atoms with van der Waals surface area (Å²) in [6.45, 7) is 7.63. The van der Waals surface area contributed by atoms with Crippen LogP contribution in [0.25, 0.3) is 16.6 Å². The molecule has 192 valence electrons. The summed E-state index contributed by atoms with van der Waals surface area (Å²) in [4.78, 5) is 0. The van der Waals surface area contributed by atoms with Crippen LogP contribution in [0.3, 0.4) is 0 Å². The van der Waals surface area contributed by atoms with Crippen molar-refractivity contribution in [1.82, 2.24) is 24.7 Å². The van der Waals surface area contributed by atoms with Crippen molar-refractivity contribution in [3.8, 4) is 16.9 Å². The Morgan fingerprint density at radius 3 is 2.67 bits per heavy atom. The van der Waals surface area contributed by atoms with Crippen LogP contribution < -0.4 is 10.1 Å². The molecular weight excluding hydrogens is 484 g/mol. The number of nitrogens with zero attached hydrogens (tertiary/aromatic N) is 4. The number of aliphatic hydroxyl groups excluding tert-OH is 1. The summed E-state index contributed by atoms with van der Waals surface area (Å²) >= 11 is 0. The summed E-state index contributed by atoms with van der Waals surface area (Å²) in [7, 11) is 0.248. The number of aliphatic hydroxyl groups is 1. The van der Waals surface area contributed by atoms with E-state index in [2.05, 4.69) is 35.2 Å². The van der Waals surface area contributed by atoms with E-state index in [1.54, 1.807) is 28.9 Å². The van der Waals surface area contributed by atoms with Gasteiger partial charge >= 0.3 is 0 Å². The van der Waals surface area contributed by atoms with Crippen molar-refractivity contribution in [2.45, 2.75) is 45.2 Å². The highest BCUT2D eigenvalue weighted by molar-refractivity contribution is 6.76. The first-order chi connectivity index (χ1) is 17.1. The number of nitrogens with one attached hydrogen (secondary N) is 1. The van der Waals surface area contributed by atoms with Gasteiger partial charge in [0.1, 0.15) is 24.5 Å². The molecule has 0 amide bonds. The second kappa shape index (κ2) is 10.9. The van der Waals surface area contributed by atoms with Gasteiger partial charge in [-0.1, -0.05) is 25.7 Å². The van der Waals surface area contributed by atoms with Gasteiger partial charge in [0.15, 0.2) is 0 Å². The lowest BCUT2D eigenvalue weighted by atomic mass is 10.1. The van der Waals surface area contributed by atoms with Gasteiger partial charge in [-0.15, -0.1) is 0 Å². The molecule has 2 N–H and O–H groups in total. The summed E-state index contributed by atoms with van der Waals surface area (Å²) in [6, 6.07) is 8.86. The summed E-state index contributed by atoms with van der Waals surface area (Å²) in [5.41, 5.74) is 2.75. The highest BCUT2D eigenvalue weighted by Crippen LogP contribution is 2.26. The maximum Gasteiger partial charge on any atom is 0.221 e. The number of hydrogen-bond acceptors (Lipinski definition) is 6. The first kappa shape index (κ1) is 26.0. The summed E-state index contributed by atoms with van der Waals surface area (Å²) in [5.74, 6) is -0.502. The fourth-order valence-corrected chi connectivity index (χ4v) is 4.48. The Kier molecular flexibility index (Phi) is 7.84. The van der Waals surface area contributed by atoms with Crippen molar-refractivity contribution < 1.29 is 23.4 Å². The third kappa shape index (κ3) is 6.16. The van der Waals surface area contributed by atoms with Crippen LogP contribution in [0.1, 0.15) is 17.4 Å². The number of pyridine rings is 1. The average Bonchev–Trinajstić information content (AvgIpc) is 3.42. The van der Waals surface area contributed by atoms with E-state index in [1.807, 2.05) is 0 Å². The predicted molar refractivity (Wildman–Crippen MR) is 135 cm³/mol. The van der Waals surface area contributed by atoms with Gasteiger partial charge in [-0.3, -0.25) is 5.32 Å². The topological polar surface area (TPSA) is 85.8 Å². The molecule has 4 rings (SSSR count). The Balaban J connectivity index is 1.44. The summed E-state index contributed by atoms with van der Waals surface area (Å²) < 4.78 is 42.2. The molecule has 11 heteroatoms. The van der Waals surface area contributed by atoms with Crippen LogP contribution in [-0.2, 0) is 18.0 Å². The van der Waals surface area contributed by atoms with Crippen molar-refractivity contribution in [3.63, 3.8) is 0 Å². The Morgan fingerprint density at radius 2 is 1.92 bits per heavy atom. The van der Waals surface area contributed by atoms with E-state index in [9.17, 15) is 13.9 Å². The minimum atomic E-state index is -1.22. The Hall–Kier alpha value is -3.12. The van der Waals surface area contributed by atoms with Crippen LogP contribution in [0.15, 0.2) is 48.9 Å². The predicted octanol–water partition coefficient (Wildman–Crippen LogP) is 4.58. The number of benzene rings is 1. The van der Waals surface area contributed by atoms with Crippen LogP contribution in [0.4, 0.5) is 8.78 Å². The lowest BCUT2D eigenvalue weighted by molar-refractivity contribution is 0.0700. The second-order valence-electron chi connectivity index (χ2n) is 9.83. The molecule has 0 radical (unpaired) electrons. The van der Waals surface area contributed by atoms with Gasteiger partial charge in [0, 0.05) is 44.6 Å². The number of halogens is 2. The number of ether oxygens (including phenoxy) is 2. The molecule has 1 atom stereocenters. The molecule has 3 heterocycles. The fraction of sp³-hybridized carbons (Fsp3) is 0.360. The highest BCUT2D eigenvalue weighted by atomic mass is 28.3. The molecular formula is C25H31F2N5O3Si. The molecule has 0 saturated heterocycles. The third-order valence-corrected chi connectivity index (χ3v) is 7.51. The van der Waals surface area contributed by atoms with E-state index in [0.717, 1.165) is 6.04 Å². The Labute approximate surface area is 209 Å². The number of fused-ring (bicyclic) bond motifs is 1. The molecule has 0 bridgehead atoms. The van der Waals surface area contributed by atoms with E-state index in [4.69, 9.17) is 9.47 Å². The first-order valence-corrected chi connectivity index (χ1v) is 15.4. The quantitative estimate of drug-likeness (QED) is 0.173. The molecule has 0 aliphatic rings. The van der Waals surface area contributed by atoms with Gasteiger partial charge in [0.2, 0.25) is 5.95 Å². The number of methoxy groups -OCH3 is 1. The summed E-state index contributed by atoms with van der Waals surface area (Å²) in [5, 5.41) is 22.1. The van der Waals surface area contributed by atoms with E-state index >= 15 is 0 Å². The monoisotopic (exact) mass is 515 g/mol. The van der Waals surface area contributed by atoms with Gasteiger partial charge in [-0.25, -0.2) is 13.6 Å². The van der Waals surface area contributed by atoms with Gasteiger partial charge in [0.25, 0.3) is 0 Å². The molecule has 0 spiro atoms. The largest absolute Gasteiger partial charge is 0.497 e. The van der Waals surface area contributed by atoms with E-state index in [-0.39, 0.29) is 13.3 Å². The van der Waals surface area contributed by atoms with Crippen molar-refractivity contribution >= 4 is 13.6 Å². The highest BCUT2D eigenvalue weighted by Gasteiger charge is 2.18. The lowest BCUT2D eigenvalue weighted by Gasteiger charge is -2.15. The minimum Gasteiger partial charge on any atom is -0.497 e. The normalized spacial score (nSPS) is 12.9. The Morgan fingerprint density at radius 1 is 1.11 bits per heavy atom. The van der Waals surface area contributed by atoms with Crippen molar-refractivity contribution in [1.29, 1.82) is 0 Å². The maximum atomic E-state index is 15.0. The molecule has 1 aromatic carbocycles. The second-order valence-corrected chi connectivity index (χ2v) is 15.4. The van der Waals surface area contributed by atoms with Gasteiger partial charge < -0.3 is 14.6 Å². The van der Waals surface area contributed by atoms with Gasteiger partial charge in [0.05, 0.1) is 30.6 Å². The van der Waals surface area contributed by atoms with Crippen molar-refractivity contribution in [2.75, 3.05) is 13.7 Å². The molecule has 8 nitrogen and oxygen atoms in total. The van der Waals surface area contributed by atoms with Crippen LogP contribution in [0.5, 0.6) is 5.75 Å². The zero-order chi connectivity index (χ0) is 25.9. The molecule has 1 unspecified atom stereocenters. The third-order valence-electron chi connectivity index (χ3n) is 5.80. The number of hydrogen-bond donors (Lipinski definition) is 2. The van der Waals surface area contributed by atoms with E-state index in [1.165, 1.54) is 36.3 Å². The van der Waals surface area contributed by atoms with Crippen molar-refractivity contribution in [3.05, 3.63) is 71.8 Å². The summed E-state index contributed by atoms with van der Waals surface area (Å²) in [6.07, 6.45) is 3.64. The first-order valence-electron chi connectivity index (χ1n) is 11.7. The average molecular weight is 516 g/mol. The smallest absolute Gasteiger partial charge is 0.221 e. The maximum absolute atomic E-state index is 15.0. The molecule has 36 heavy (non-hydrogen) atoms. The standard InChI is InChI=1S/C25H31F2N5O3Si/c1-34-20-10-17(9-19(26)11-20)12-28-25(33)22-14-29-31-15-18(5-6-23(22)31)21-13-30-32(24(21)27)16-35-7-8-36(2,3)4/h5-6,9-11,13-15,25,28,33H,7-8,12,16H2,1-4H3. The van der Waals surface area contributed by atoms with Crippen LogP contribution in [-0.4, -0.2) is 46.3 Å². The zero-order valence-electron chi connectivity index (χ0n) is 20.8.